The monoisotopic (exact) mass is 353 g/mol. The third-order valence-electron chi connectivity index (χ3n) is 5.02. The van der Waals surface area contributed by atoms with Crippen molar-refractivity contribution >= 4 is 7.37 Å². The van der Waals surface area contributed by atoms with Crippen LogP contribution in [0.5, 0.6) is 5.75 Å². The number of para-hydroxylation sites is 1. The van der Waals surface area contributed by atoms with Gasteiger partial charge in [-0.25, -0.2) is 0 Å². The molecule has 1 aromatic rings. The summed E-state index contributed by atoms with van der Waals surface area (Å²) in [5.41, 5.74) is 5.79. The molecule has 1 aliphatic carbocycles. The largest absolute Gasteiger partial charge is 0.484 e. The molecule has 0 spiro atoms. The van der Waals surface area contributed by atoms with Crippen molar-refractivity contribution in [1.29, 1.82) is 0 Å². The first-order valence-corrected chi connectivity index (χ1v) is 10.8. The standard InChI is InChI=1S/C19H32NO3P/c1-14-10-16(12-19(3,4)20)11-15(2)18(14)24(21,22)13-23-17-8-6-5-7-9-17/h5-9,14-16,18H,10-13,20H2,1-4H3,(H,21,22). The van der Waals surface area contributed by atoms with Crippen molar-refractivity contribution in [3.05, 3.63) is 30.3 Å². The molecular weight excluding hydrogens is 321 g/mol. The van der Waals surface area contributed by atoms with Crippen LogP contribution >= 0.6 is 7.37 Å². The van der Waals surface area contributed by atoms with Crippen molar-refractivity contribution in [3.8, 4) is 5.75 Å². The summed E-state index contributed by atoms with van der Waals surface area (Å²) in [6.45, 7) is 8.31. The molecule has 24 heavy (non-hydrogen) atoms. The highest BCUT2D eigenvalue weighted by Crippen LogP contribution is 2.57. The first-order valence-electron chi connectivity index (χ1n) is 8.87. The Balaban J connectivity index is 2.00. The molecule has 0 heterocycles. The van der Waals surface area contributed by atoms with E-state index in [2.05, 4.69) is 27.7 Å². The van der Waals surface area contributed by atoms with Gasteiger partial charge in [-0.3, -0.25) is 4.57 Å². The number of nitrogens with two attached hydrogens (primary N) is 1. The SMILES string of the molecule is CC1CC(CC(C)(C)N)CC(C)C1P(=O)(O)COc1ccccc1. The molecular formula is C19H32NO3P. The molecule has 0 saturated heterocycles. The molecule has 136 valence electrons. The molecule has 2 rings (SSSR count). The minimum Gasteiger partial charge on any atom is -0.484 e. The Morgan fingerprint density at radius 2 is 1.75 bits per heavy atom. The van der Waals surface area contributed by atoms with Crippen LogP contribution in [-0.4, -0.2) is 22.4 Å². The fourth-order valence-corrected chi connectivity index (χ4v) is 6.80. The highest BCUT2D eigenvalue weighted by atomic mass is 31.2. The summed E-state index contributed by atoms with van der Waals surface area (Å²) in [6.07, 6.45) is 2.78. The van der Waals surface area contributed by atoms with Crippen LogP contribution in [0.1, 0.15) is 47.0 Å². The maximum atomic E-state index is 13.0. The summed E-state index contributed by atoms with van der Waals surface area (Å²) in [5, 5.41) is 0. The van der Waals surface area contributed by atoms with Gasteiger partial charge < -0.3 is 15.4 Å². The van der Waals surface area contributed by atoms with Crippen molar-refractivity contribution in [2.75, 3.05) is 6.35 Å². The molecule has 0 amide bonds. The molecule has 1 fully saturated rings. The van der Waals surface area contributed by atoms with Crippen molar-refractivity contribution in [3.63, 3.8) is 0 Å². The van der Waals surface area contributed by atoms with E-state index in [1.807, 2.05) is 30.3 Å². The van der Waals surface area contributed by atoms with Crippen LogP contribution in [0.4, 0.5) is 0 Å². The molecule has 5 heteroatoms. The molecule has 4 nitrogen and oxygen atoms in total. The van der Waals surface area contributed by atoms with E-state index >= 15 is 0 Å². The lowest BCUT2D eigenvalue weighted by atomic mass is 9.72. The van der Waals surface area contributed by atoms with Gasteiger partial charge in [-0.05, 0) is 63.0 Å². The number of ether oxygens (including phenoxy) is 1. The van der Waals surface area contributed by atoms with Gasteiger partial charge in [0.15, 0.2) is 6.35 Å². The molecule has 1 saturated carbocycles. The van der Waals surface area contributed by atoms with E-state index in [-0.39, 0.29) is 29.4 Å². The van der Waals surface area contributed by atoms with E-state index in [1.165, 1.54) is 0 Å². The van der Waals surface area contributed by atoms with E-state index in [9.17, 15) is 9.46 Å². The van der Waals surface area contributed by atoms with Crippen LogP contribution in [0.15, 0.2) is 30.3 Å². The van der Waals surface area contributed by atoms with Gasteiger partial charge in [0.25, 0.3) is 0 Å². The Bertz CT molecular complexity index is 558. The fourth-order valence-electron chi connectivity index (χ4n) is 4.46. The van der Waals surface area contributed by atoms with Crippen LogP contribution in [0.2, 0.25) is 0 Å². The average molecular weight is 353 g/mol. The van der Waals surface area contributed by atoms with Crippen LogP contribution in [0, 0.1) is 17.8 Å². The summed E-state index contributed by atoms with van der Waals surface area (Å²) in [7, 11) is -3.38. The summed E-state index contributed by atoms with van der Waals surface area (Å²) in [6, 6.07) is 9.25. The molecule has 1 aromatic carbocycles. The lowest BCUT2D eigenvalue weighted by Crippen LogP contribution is -2.40. The molecule has 0 radical (unpaired) electrons. The summed E-state index contributed by atoms with van der Waals surface area (Å²) < 4.78 is 18.6. The van der Waals surface area contributed by atoms with Gasteiger partial charge in [-0.2, -0.15) is 0 Å². The van der Waals surface area contributed by atoms with Crippen molar-refractivity contribution < 1.29 is 14.2 Å². The maximum Gasteiger partial charge on any atom is 0.240 e. The Morgan fingerprint density at radius 1 is 1.21 bits per heavy atom. The smallest absolute Gasteiger partial charge is 0.240 e. The molecule has 0 aromatic heterocycles. The van der Waals surface area contributed by atoms with Crippen molar-refractivity contribution in [1.82, 2.24) is 0 Å². The summed E-state index contributed by atoms with van der Waals surface area (Å²) >= 11 is 0. The first-order chi connectivity index (χ1) is 11.1. The lowest BCUT2D eigenvalue weighted by Gasteiger charge is -2.42. The van der Waals surface area contributed by atoms with E-state index in [1.54, 1.807) is 0 Å². The molecule has 0 aliphatic heterocycles. The summed E-state index contributed by atoms with van der Waals surface area (Å²) in [5.74, 6) is 1.58. The zero-order valence-electron chi connectivity index (χ0n) is 15.3. The van der Waals surface area contributed by atoms with Gasteiger partial charge in [0.05, 0.1) is 0 Å². The predicted octanol–water partition coefficient (Wildman–Crippen LogP) is 4.47. The van der Waals surface area contributed by atoms with E-state index < -0.39 is 7.37 Å². The zero-order chi connectivity index (χ0) is 18.0. The number of hydrogen-bond donors (Lipinski definition) is 2. The van der Waals surface area contributed by atoms with Gasteiger partial charge in [0.1, 0.15) is 5.75 Å². The van der Waals surface area contributed by atoms with Crippen LogP contribution in [0.25, 0.3) is 0 Å². The predicted molar refractivity (Wildman–Crippen MR) is 99.5 cm³/mol. The number of benzene rings is 1. The highest BCUT2D eigenvalue weighted by Gasteiger charge is 2.44. The number of hydrogen-bond acceptors (Lipinski definition) is 3. The Morgan fingerprint density at radius 3 is 2.25 bits per heavy atom. The molecule has 1 aliphatic rings. The van der Waals surface area contributed by atoms with E-state index in [0.717, 1.165) is 19.3 Å². The third kappa shape index (κ3) is 5.34. The quantitative estimate of drug-likeness (QED) is 0.740. The van der Waals surface area contributed by atoms with Gasteiger partial charge in [0.2, 0.25) is 7.37 Å². The van der Waals surface area contributed by atoms with Gasteiger partial charge >= 0.3 is 0 Å². The average Bonchev–Trinajstić information content (AvgIpc) is 2.43. The van der Waals surface area contributed by atoms with Crippen LogP contribution in [0.3, 0.4) is 0 Å². The second-order valence-corrected chi connectivity index (χ2v) is 10.7. The minimum atomic E-state index is -3.38. The van der Waals surface area contributed by atoms with Gasteiger partial charge in [0, 0.05) is 11.2 Å². The first kappa shape index (κ1) is 19.5. The van der Waals surface area contributed by atoms with E-state index in [4.69, 9.17) is 10.5 Å². The molecule has 3 N–H and O–H groups in total. The van der Waals surface area contributed by atoms with Crippen LogP contribution < -0.4 is 10.5 Å². The van der Waals surface area contributed by atoms with Gasteiger partial charge in [-0.1, -0.05) is 32.0 Å². The Kier molecular flexibility index (Phi) is 6.17. The normalized spacial score (nSPS) is 30.6. The molecule has 0 bridgehead atoms. The second-order valence-electron chi connectivity index (χ2n) is 8.32. The fraction of sp³-hybridized carbons (Fsp3) is 0.684. The van der Waals surface area contributed by atoms with Gasteiger partial charge in [-0.15, -0.1) is 0 Å². The zero-order valence-corrected chi connectivity index (χ0v) is 16.2. The second kappa shape index (κ2) is 7.59. The molecule has 3 atom stereocenters. The number of rotatable bonds is 6. The van der Waals surface area contributed by atoms with Crippen molar-refractivity contribution in [2.45, 2.75) is 58.2 Å². The van der Waals surface area contributed by atoms with Crippen molar-refractivity contribution in [2.24, 2.45) is 23.5 Å². The molecule has 3 unspecified atom stereocenters. The lowest BCUT2D eigenvalue weighted by molar-refractivity contribution is 0.179. The maximum absolute atomic E-state index is 13.0. The summed E-state index contributed by atoms with van der Waals surface area (Å²) in [4.78, 5) is 10.7. The minimum absolute atomic E-state index is 0.108. The third-order valence-corrected chi connectivity index (χ3v) is 7.47. The topological polar surface area (TPSA) is 72.6 Å². The van der Waals surface area contributed by atoms with Crippen LogP contribution in [-0.2, 0) is 4.57 Å². The Labute approximate surface area is 146 Å². The van der Waals surface area contributed by atoms with E-state index in [0.29, 0.717) is 11.7 Å². The highest BCUT2D eigenvalue weighted by molar-refractivity contribution is 7.58. The Hall–Kier alpha value is -0.830.